The topological polar surface area (TPSA) is 103 Å². The smallest absolute Gasteiger partial charge is 0.328 e. The Labute approximate surface area is 168 Å². The van der Waals surface area contributed by atoms with E-state index < -0.39 is 24.5 Å². The first-order valence-corrected chi connectivity index (χ1v) is 9.12. The molecule has 152 valence electrons. The average Bonchev–Trinajstić information content (AvgIpc) is 3.18. The second-order valence-corrected chi connectivity index (χ2v) is 6.64. The van der Waals surface area contributed by atoms with Crippen molar-refractivity contribution in [1.82, 2.24) is 10.6 Å². The number of rotatable bonds is 7. The zero-order valence-electron chi connectivity index (χ0n) is 16.2. The first-order chi connectivity index (χ1) is 13.9. The SMILES string of the molecule is Cc1cccc(C(=O)N[C@@H](C)C(=O)OCC(=O)NCc2ccc3c(c2)OCO3)c1. The Morgan fingerprint density at radius 3 is 2.69 bits per heavy atom. The quantitative estimate of drug-likeness (QED) is 0.688. The molecule has 0 saturated carbocycles. The fraction of sp³-hybridized carbons (Fsp3) is 0.286. The lowest BCUT2D eigenvalue weighted by atomic mass is 10.1. The molecule has 0 fully saturated rings. The van der Waals surface area contributed by atoms with Gasteiger partial charge >= 0.3 is 5.97 Å². The van der Waals surface area contributed by atoms with Crippen LogP contribution in [0.4, 0.5) is 0 Å². The summed E-state index contributed by atoms with van der Waals surface area (Å²) in [6.45, 7) is 3.37. The maximum absolute atomic E-state index is 12.2. The largest absolute Gasteiger partial charge is 0.454 e. The van der Waals surface area contributed by atoms with Crippen molar-refractivity contribution in [2.24, 2.45) is 0 Å². The van der Waals surface area contributed by atoms with Gasteiger partial charge in [-0.05, 0) is 43.7 Å². The summed E-state index contributed by atoms with van der Waals surface area (Å²) in [5.74, 6) is -0.236. The molecule has 0 radical (unpaired) electrons. The standard InChI is InChI=1S/C21H22N2O6/c1-13-4-3-5-16(8-13)20(25)23-14(2)21(26)27-11-19(24)22-10-15-6-7-17-18(9-15)29-12-28-17/h3-9,14H,10-12H2,1-2H3,(H,22,24)(H,23,25)/t14-/m0/s1. The summed E-state index contributed by atoms with van der Waals surface area (Å²) in [4.78, 5) is 36.1. The van der Waals surface area contributed by atoms with Crippen molar-refractivity contribution < 1.29 is 28.6 Å². The predicted molar refractivity (Wildman–Crippen MR) is 103 cm³/mol. The third-order valence-electron chi connectivity index (χ3n) is 4.25. The van der Waals surface area contributed by atoms with Gasteiger partial charge in [0.05, 0.1) is 0 Å². The van der Waals surface area contributed by atoms with Crippen LogP contribution in [0.2, 0.25) is 0 Å². The number of hydrogen-bond acceptors (Lipinski definition) is 6. The van der Waals surface area contributed by atoms with Gasteiger partial charge in [-0.3, -0.25) is 9.59 Å². The Morgan fingerprint density at radius 2 is 1.90 bits per heavy atom. The number of ether oxygens (including phenoxy) is 3. The Kier molecular flexibility index (Phi) is 6.33. The van der Waals surface area contributed by atoms with Crippen molar-refractivity contribution in [3.8, 4) is 11.5 Å². The number of fused-ring (bicyclic) bond motifs is 1. The van der Waals surface area contributed by atoms with Gasteiger partial charge in [0.1, 0.15) is 6.04 Å². The zero-order chi connectivity index (χ0) is 20.8. The zero-order valence-corrected chi connectivity index (χ0v) is 16.2. The van der Waals surface area contributed by atoms with Crippen LogP contribution >= 0.6 is 0 Å². The fourth-order valence-corrected chi connectivity index (χ4v) is 2.69. The highest BCUT2D eigenvalue weighted by Crippen LogP contribution is 2.32. The summed E-state index contributed by atoms with van der Waals surface area (Å²) < 4.78 is 15.5. The number of carbonyl (C=O) groups excluding carboxylic acids is 3. The summed E-state index contributed by atoms with van der Waals surface area (Å²) in [5, 5.41) is 5.22. The van der Waals surface area contributed by atoms with E-state index in [4.69, 9.17) is 14.2 Å². The van der Waals surface area contributed by atoms with Crippen LogP contribution in [-0.2, 0) is 20.9 Å². The van der Waals surface area contributed by atoms with Gasteiger partial charge in [-0.15, -0.1) is 0 Å². The van der Waals surface area contributed by atoms with Crippen molar-refractivity contribution >= 4 is 17.8 Å². The third-order valence-corrected chi connectivity index (χ3v) is 4.25. The van der Waals surface area contributed by atoms with E-state index in [1.807, 2.05) is 19.1 Å². The van der Waals surface area contributed by atoms with Crippen molar-refractivity contribution in [3.05, 3.63) is 59.2 Å². The highest BCUT2D eigenvalue weighted by atomic mass is 16.7. The second kappa shape index (κ2) is 9.09. The maximum atomic E-state index is 12.2. The molecule has 29 heavy (non-hydrogen) atoms. The van der Waals surface area contributed by atoms with E-state index in [9.17, 15) is 14.4 Å². The van der Waals surface area contributed by atoms with Gasteiger partial charge in [0.2, 0.25) is 6.79 Å². The summed E-state index contributed by atoms with van der Waals surface area (Å²) in [7, 11) is 0. The fourth-order valence-electron chi connectivity index (χ4n) is 2.69. The molecule has 2 aromatic carbocycles. The van der Waals surface area contributed by atoms with Crippen LogP contribution in [0.5, 0.6) is 11.5 Å². The normalized spacial score (nSPS) is 12.8. The van der Waals surface area contributed by atoms with E-state index in [2.05, 4.69) is 10.6 Å². The van der Waals surface area contributed by atoms with E-state index in [1.165, 1.54) is 6.92 Å². The van der Waals surface area contributed by atoms with Crippen LogP contribution in [-0.4, -0.2) is 37.2 Å². The second-order valence-electron chi connectivity index (χ2n) is 6.64. The molecule has 8 heteroatoms. The molecular weight excluding hydrogens is 376 g/mol. The van der Waals surface area contributed by atoms with Crippen LogP contribution in [0.1, 0.15) is 28.4 Å². The molecule has 0 aliphatic carbocycles. The molecule has 8 nitrogen and oxygen atoms in total. The molecule has 3 rings (SSSR count). The lowest BCUT2D eigenvalue weighted by molar-refractivity contribution is -0.150. The molecule has 0 bridgehead atoms. The number of hydrogen-bond donors (Lipinski definition) is 2. The number of aryl methyl sites for hydroxylation is 1. The highest BCUT2D eigenvalue weighted by Gasteiger charge is 2.19. The molecule has 1 aliphatic heterocycles. The Balaban J connectivity index is 1.41. The maximum Gasteiger partial charge on any atom is 0.328 e. The predicted octanol–water partition coefficient (Wildman–Crippen LogP) is 1.70. The Bertz CT molecular complexity index is 927. The molecule has 1 atom stereocenters. The van der Waals surface area contributed by atoms with Gasteiger partial charge in [-0.2, -0.15) is 0 Å². The van der Waals surface area contributed by atoms with Crippen LogP contribution in [0.15, 0.2) is 42.5 Å². The van der Waals surface area contributed by atoms with Gasteiger partial charge in [-0.25, -0.2) is 4.79 Å². The minimum atomic E-state index is -0.885. The van der Waals surface area contributed by atoms with Crippen molar-refractivity contribution in [3.63, 3.8) is 0 Å². The number of amides is 2. The monoisotopic (exact) mass is 398 g/mol. The van der Waals surface area contributed by atoms with Crippen molar-refractivity contribution in [2.45, 2.75) is 26.4 Å². The first-order valence-electron chi connectivity index (χ1n) is 9.12. The molecule has 1 heterocycles. The van der Waals surface area contributed by atoms with Crippen LogP contribution in [0, 0.1) is 6.92 Å². The van der Waals surface area contributed by atoms with Gasteiger partial charge in [0, 0.05) is 12.1 Å². The molecule has 0 aromatic heterocycles. The van der Waals surface area contributed by atoms with Crippen molar-refractivity contribution in [2.75, 3.05) is 13.4 Å². The van der Waals surface area contributed by atoms with Gasteiger partial charge in [-0.1, -0.05) is 23.8 Å². The Hall–Kier alpha value is -3.55. The minimum Gasteiger partial charge on any atom is -0.454 e. The third kappa shape index (κ3) is 5.47. The summed E-state index contributed by atoms with van der Waals surface area (Å²) in [6.07, 6.45) is 0. The molecular formula is C21H22N2O6. The van der Waals surface area contributed by atoms with Gasteiger partial charge in [0.15, 0.2) is 18.1 Å². The molecule has 2 N–H and O–H groups in total. The number of benzene rings is 2. The molecule has 0 unspecified atom stereocenters. The highest BCUT2D eigenvalue weighted by molar-refractivity contribution is 5.97. The van der Waals surface area contributed by atoms with Gasteiger partial charge in [0.25, 0.3) is 11.8 Å². The van der Waals surface area contributed by atoms with Crippen LogP contribution in [0.25, 0.3) is 0 Å². The van der Waals surface area contributed by atoms with E-state index in [0.29, 0.717) is 17.1 Å². The Morgan fingerprint density at radius 1 is 1.10 bits per heavy atom. The number of carbonyl (C=O) groups is 3. The summed E-state index contributed by atoms with van der Waals surface area (Å²) >= 11 is 0. The molecule has 0 spiro atoms. The van der Waals surface area contributed by atoms with Crippen LogP contribution < -0.4 is 20.1 Å². The number of nitrogens with one attached hydrogen (secondary N) is 2. The van der Waals surface area contributed by atoms with Crippen LogP contribution in [0.3, 0.4) is 0 Å². The molecule has 1 aliphatic rings. The van der Waals surface area contributed by atoms with Crippen molar-refractivity contribution in [1.29, 1.82) is 0 Å². The lowest BCUT2D eigenvalue weighted by Gasteiger charge is -2.13. The minimum absolute atomic E-state index is 0.180. The summed E-state index contributed by atoms with van der Waals surface area (Å²) in [5.41, 5.74) is 2.21. The molecule has 2 aromatic rings. The van der Waals surface area contributed by atoms with E-state index >= 15 is 0 Å². The van der Waals surface area contributed by atoms with E-state index in [1.54, 1.807) is 30.3 Å². The first kappa shape index (κ1) is 20.2. The average molecular weight is 398 g/mol. The summed E-state index contributed by atoms with van der Waals surface area (Å²) in [6, 6.07) is 11.5. The van der Waals surface area contributed by atoms with E-state index in [-0.39, 0.29) is 19.2 Å². The molecule has 2 amide bonds. The number of esters is 1. The molecule has 0 saturated heterocycles. The lowest BCUT2D eigenvalue weighted by Crippen LogP contribution is -2.41. The van der Waals surface area contributed by atoms with E-state index in [0.717, 1.165) is 11.1 Å². The van der Waals surface area contributed by atoms with Gasteiger partial charge < -0.3 is 24.8 Å².